The SMILES string of the molecule is COc1cc(N2CCC(N(C)C)CC2)c(C)cc1Nc1nc(Nc2ccc3nccnc3c2N(C)SC)c2cc[nH]c2n1. The van der Waals surface area contributed by atoms with Crippen molar-refractivity contribution in [3.63, 3.8) is 0 Å². The molecule has 224 valence electrons. The minimum atomic E-state index is 0.454. The number of anilines is 6. The summed E-state index contributed by atoms with van der Waals surface area (Å²) in [6, 6.07) is 10.8. The van der Waals surface area contributed by atoms with E-state index in [1.807, 2.05) is 37.7 Å². The Hall–Kier alpha value is -4.29. The summed E-state index contributed by atoms with van der Waals surface area (Å²) in [7, 11) is 8.05. The molecule has 5 aromatic rings. The summed E-state index contributed by atoms with van der Waals surface area (Å²) in [6.07, 6.45) is 9.61. The van der Waals surface area contributed by atoms with E-state index >= 15 is 0 Å². The number of nitrogens with zero attached hydrogens (tertiary/aromatic N) is 7. The number of hydrogen-bond donors (Lipinski definition) is 3. The van der Waals surface area contributed by atoms with Crippen LogP contribution in [-0.2, 0) is 0 Å². The lowest BCUT2D eigenvalue weighted by Gasteiger charge is -2.37. The third-order valence-corrected chi connectivity index (χ3v) is 8.90. The van der Waals surface area contributed by atoms with Crippen molar-refractivity contribution in [1.82, 2.24) is 29.8 Å². The second kappa shape index (κ2) is 12.1. The van der Waals surface area contributed by atoms with Crippen LogP contribution in [0.3, 0.4) is 0 Å². The van der Waals surface area contributed by atoms with E-state index in [1.165, 1.54) is 11.3 Å². The Kier molecular flexibility index (Phi) is 8.13. The van der Waals surface area contributed by atoms with E-state index in [-0.39, 0.29) is 0 Å². The number of rotatable bonds is 9. The molecule has 1 fully saturated rings. The van der Waals surface area contributed by atoms with Crippen LogP contribution in [0.5, 0.6) is 5.75 Å². The van der Waals surface area contributed by atoms with E-state index in [2.05, 4.69) is 72.8 Å². The lowest BCUT2D eigenvalue weighted by Crippen LogP contribution is -2.42. The van der Waals surface area contributed by atoms with Gasteiger partial charge >= 0.3 is 0 Å². The smallest absolute Gasteiger partial charge is 0.231 e. The number of piperidine rings is 1. The first-order chi connectivity index (χ1) is 20.9. The number of aromatic nitrogens is 5. The fraction of sp³-hybridized carbons (Fsp3) is 0.355. The quantitative estimate of drug-likeness (QED) is 0.175. The molecule has 0 unspecified atom stereocenters. The first-order valence-electron chi connectivity index (χ1n) is 14.4. The van der Waals surface area contributed by atoms with Gasteiger partial charge in [0.15, 0.2) is 0 Å². The number of aryl methyl sites for hydroxylation is 1. The fourth-order valence-corrected chi connectivity index (χ4v) is 6.15. The van der Waals surface area contributed by atoms with Gasteiger partial charge in [0.05, 0.1) is 35.1 Å². The average Bonchev–Trinajstić information content (AvgIpc) is 3.50. The molecule has 0 atom stereocenters. The normalized spacial score (nSPS) is 14.1. The van der Waals surface area contributed by atoms with E-state index < -0.39 is 0 Å². The zero-order chi connectivity index (χ0) is 30.1. The van der Waals surface area contributed by atoms with Crippen LogP contribution in [0.1, 0.15) is 18.4 Å². The summed E-state index contributed by atoms with van der Waals surface area (Å²) in [5.74, 6) is 1.87. The molecule has 43 heavy (non-hydrogen) atoms. The monoisotopic (exact) mass is 598 g/mol. The van der Waals surface area contributed by atoms with Gasteiger partial charge in [-0.25, -0.2) is 0 Å². The molecule has 0 bridgehead atoms. The third-order valence-electron chi connectivity index (χ3n) is 8.17. The van der Waals surface area contributed by atoms with Crippen LogP contribution in [0.2, 0.25) is 0 Å². The van der Waals surface area contributed by atoms with Crippen LogP contribution in [0.15, 0.2) is 48.9 Å². The van der Waals surface area contributed by atoms with Crippen LogP contribution in [0.4, 0.5) is 34.5 Å². The van der Waals surface area contributed by atoms with Gasteiger partial charge in [-0.1, -0.05) is 11.9 Å². The lowest BCUT2D eigenvalue weighted by molar-refractivity contribution is 0.249. The van der Waals surface area contributed by atoms with Crippen molar-refractivity contribution in [2.45, 2.75) is 25.8 Å². The molecule has 6 rings (SSSR count). The van der Waals surface area contributed by atoms with E-state index in [0.29, 0.717) is 17.8 Å². The molecule has 2 aromatic carbocycles. The highest BCUT2D eigenvalue weighted by atomic mass is 32.2. The molecule has 1 saturated heterocycles. The van der Waals surface area contributed by atoms with Gasteiger partial charge in [0.2, 0.25) is 5.95 Å². The molecule has 1 aliphatic rings. The van der Waals surface area contributed by atoms with Crippen molar-refractivity contribution >= 4 is 68.5 Å². The number of fused-ring (bicyclic) bond motifs is 2. The molecule has 0 amide bonds. The lowest BCUT2D eigenvalue weighted by atomic mass is 10.0. The molecule has 3 aromatic heterocycles. The van der Waals surface area contributed by atoms with E-state index in [0.717, 1.165) is 70.8 Å². The molecule has 0 spiro atoms. The average molecular weight is 599 g/mol. The summed E-state index contributed by atoms with van der Waals surface area (Å²) < 4.78 is 7.94. The van der Waals surface area contributed by atoms with E-state index in [4.69, 9.17) is 14.7 Å². The van der Waals surface area contributed by atoms with E-state index in [9.17, 15) is 0 Å². The van der Waals surface area contributed by atoms with Gasteiger partial charge in [0.25, 0.3) is 0 Å². The first kappa shape index (κ1) is 28.8. The highest BCUT2D eigenvalue weighted by Gasteiger charge is 2.23. The van der Waals surface area contributed by atoms with Crippen LogP contribution >= 0.6 is 11.9 Å². The summed E-state index contributed by atoms with van der Waals surface area (Å²) in [6.45, 7) is 4.19. The van der Waals surface area contributed by atoms with Crippen molar-refractivity contribution in [1.29, 1.82) is 0 Å². The maximum atomic E-state index is 5.86. The number of ether oxygens (including phenoxy) is 1. The van der Waals surface area contributed by atoms with Gasteiger partial charge in [0, 0.05) is 62.8 Å². The Balaban J connectivity index is 1.33. The van der Waals surface area contributed by atoms with Gasteiger partial charge in [-0.05, 0) is 63.7 Å². The van der Waals surface area contributed by atoms with Crippen molar-refractivity contribution in [2.24, 2.45) is 0 Å². The number of nitrogens with one attached hydrogen (secondary N) is 3. The maximum absolute atomic E-state index is 5.86. The Bertz CT molecular complexity index is 1750. The molecular formula is C31H38N10OS. The maximum Gasteiger partial charge on any atom is 0.231 e. The van der Waals surface area contributed by atoms with Crippen molar-refractivity contribution in [3.05, 3.63) is 54.5 Å². The predicted octanol–water partition coefficient (Wildman–Crippen LogP) is 5.95. The predicted molar refractivity (Wildman–Crippen MR) is 179 cm³/mol. The minimum absolute atomic E-state index is 0.454. The molecular weight excluding hydrogens is 560 g/mol. The summed E-state index contributed by atoms with van der Waals surface area (Å²) in [4.78, 5) is 26.9. The van der Waals surface area contributed by atoms with Crippen molar-refractivity contribution in [2.75, 3.05) is 67.4 Å². The Labute approximate surface area is 256 Å². The zero-order valence-electron chi connectivity index (χ0n) is 25.5. The standard InChI is InChI=1S/C31H38N10OS/c1-19-17-24(26(42-5)18-25(19)41-15-10-20(11-16-41)39(2)3)36-31-37-29-21(9-12-34-29)30(38-31)35-23-8-7-22-27(33-14-13-32-22)28(23)40(4)43-6/h7-9,12-14,17-18,20H,10-11,15-16H2,1-6H3,(H3,34,35,36,37,38). The largest absolute Gasteiger partial charge is 0.494 e. The van der Waals surface area contributed by atoms with Crippen LogP contribution < -0.4 is 24.6 Å². The van der Waals surface area contributed by atoms with Gasteiger partial charge < -0.3 is 34.5 Å². The van der Waals surface area contributed by atoms with Gasteiger partial charge in [-0.2, -0.15) is 9.97 Å². The molecule has 0 aliphatic carbocycles. The fourth-order valence-electron chi connectivity index (χ4n) is 5.78. The van der Waals surface area contributed by atoms with E-state index in [1.54, 1.807) is 31.5 Å². The summed E-state index contributed by atoms with van der Waals surface area (Å²) >= 11 is 1.60. The number of methoxy groups -OCH3 is 1. The molecule has 0 saturated carbocycles. The van der Waals surface area contributed by atoms with Crippen molar-refractivity contribution in [3.8, 4) is 5.75 Å². The first-order valence-corrected chi connectivity index (χ1v) is 15.5. The van der Waals surface area contributed by atoms with Crippen molar-refractivity contribution < 1.29 is 4.74 Å². The molecule has 0 radical (unpaired) electrons. The second-order valence-electron chi connectivity index (χ2n) is 11.0. The molecule has 11 nitrogen and oxygen atoms in total. The molecule has 1 aliphatic heterocycles. The highest BCUT2D eigenvalue weighted by molar-refractivity contribution is 7.99. The second-order valence-corrected chi connectivity index (χ2v) is 11.9. The minimum Gasteiger partial charge on any atom is -0.494 e. The molecule has 3 N–H and O–H groups in total. The number of benzene rings is 2. The topological polar surface area (TPSA) is 110 Å². The Morgan fingerprint density at radius 3 is 2.53 bits per heavy atom. The molecule has 4 heterocycles. The highest BCUT2D eigenvalue weighted by Crippen LogP contribution is 2.39. The number of H-pyrrole nitrogens is 1. The third kappa shape index (κ3) is 5.72. The number of aromatic amines is 1. The summed E-state index contributed by atoms with van der Waals surface area (Å²) in [5, 5.41) is 7.87. The Morgan fingerprint density at radius 1 is 1.00 bits per heavy atom. The molecule has 12 heteroatoms. The van der Waals surface area contributed by atoms with Gasteiger partial charge in [0.1, 0.15) is 22.7 Å². The van der Waals surface area contributed by atoms with Crippen LogP contribution in [0, 0.1) is 6.92 Å². The van der Waals surface area contributed by atoms with Crippen LogP contribution in [0.25, 0.3) is 22.1 Å². The summed E-state index contributed by atoms with van der Waals surface area (Å²) in [5.41, 5.74) is 7.34. The van der Waals surface area contributed by atoms with Crippen LogP contribution in [-0.4, -0.2) is 83.5 Å². The van der Waals surface area contributed by atoms with Gasteiger partial charge in [-0.15, -0.1) is 0 Å². The number of hydrogen-bond acceptors (Lipinski definition) is 11. The Morgan fingerprint density at radius 2 is 1.79 bits per heavy atom. The van der Waals surface area contributed by atoms with Gasteiger partial charge in [-0.3, -0.25) is 9.97 Å². The zero-order valence-corrected chi connectivity index (χ0v) is 26.3.